The molecule has 3 saturated carbocycles. The summed E-state index contributed by atoms with van der Waals surface area (Å²) in [5.41, 5.74) is 4.39. The smallest absolute Gasteiger partial charge is 0.312 e. The fraction of sp³-hybridized carbons (Fsp3) is 0.519. The van der Waals surface area contributed by atoms with Gasteiger partial charge in [0.1, 0.15) is 22.0 Å². The Morgan fingerprint density at radius 1 is 0.930 bits per heavy atom. The maximum atomic E-state index is 14.1. The number of H-pyrrole nitrogens is 1. The van der Waals surface area contributed by atoms with Crippen LogP contribution in [0.5, 0.6) is 11.5 Å². The van der Waals surface area contributed by atoms with Crippen LogP contribution >= 0.6 is 0 Å². The lowest BCUT2D eigenvalue weighted by molar-refractivity contribution is -0.384. The third-order valence-electron chi connectivity index (χ3n) is 16.4. The molecule has 6 fully saturated rings. The van der Waals surface area contributed by atoms with Gasteiger partial charge in [-0.25, -0.2) is 31.7 Å². The maximum Gasteiger partial charge on any atom is 0.312 e. The second-order valence-electron chi connectivity index (χ2n) is 21.1. The zero-order valence-corrected chi connectivity index (χ0v) is 42.0. The topological polar surface area (TPSA) is 208 Å². The van der Waals surface area contributed by atoms with Crippen molar-refractivity contribution in [3.63, 3.8) is 0 Å². The molecule has 71 heavy (non-hydrogen) atoms. The third kappa shape index (κ3) is 10.2. The largest absolute Gasteiger partial charge is 0.455 e. The third-order valence-corrected chi connectivity index (χ3v) is 20.0. The molecule has 11 rings (SSSR count). The lowest BCUT2D eigenvalue weighted by Gasteiger charge is -2.56. The van der Waals surface area contributed by atoms with Crippen molar-refractivity contribution < 1.29 is 27.1 Å². The molecule has 19 heteroatoms. The van der Waals surface area contributed by atoms with Crippen molar-refractivity contribution in [1.82, 2.24) is 29.5 Å². The Morgan fingerprint density at radius 3 is 2.44 bits per heavy atom. The molecule has 2 aromatic carbocycles. The van der Waals surface area contributed by atoms with Gasteiger partial charge in [0.05, 0.1) is 28.9 Å². The van der Waals surface area contributed by atoms with E-state index >= 15 is 0 Å². The Bertz CT molecular complexity index is 3040. The first-order chi connectivity index (χ1) is 34.3. The van der Waals surface area contributed by atoms with E-state index in [4.69, 9.17) is 9.10 Å². The number of piperidine rings is 1. The number of aromatic nitrogens is 3. The predicted octanol–water partition coefficient (Wildman–Crippen LogP) is 8.62. The van der Waals surface area contributed by atoms with E-state index in [2.05, 4.69) is 64.0 Å². The molecule has 3 saturated heterocycles. The minimum Gasteiger partial charge on any atom is -0.455 e. The SMILES string of the molecule is CN1CCS(=O)(=NC2CCC(CNc3ncc(S(=O)(=O)NC(=O)c4ccc(N5CCC6(CC5)CC(N5CCC[C@H]5c5ccccc5C5CC5)C6)cc4Oc4cnc5[nH]ccc5c4)cc3[N+](=O)[O-])CC2)CC1. The highest BCUT2D eigenvalue weighted by atomic mass is 32.2. The Kier molecular flexibility index (Phi) is 13.0. The number of nitrogens with one attached hydrogen (secondary N) is 3. The van der Waals surface area contributed by atoms with Crippen LogP contribution in [0.15, 0.2) is 88.5 Å². The molecule has 6 aliphatic rings. The summed E-state index contributed by atoms with van der Waals surface area (Å²) in [4.78, 5) is 44.2. The number of hydrogen-bond acceptors (Lipinski definition) is 14. The highest BCUT2D eigenvalue weighted by Gasteiger charge is 2.50. The van der Waals surface area contributed by atoms with Crippen molar-refractivity contribution in [2.75, 3.05) is 68.0 Å². The molecule has 1 spiro atoms. The number of fused-ring (bicyclic) bond motifs is 1. The van der Waals surface area contributed by atoms with Gasteiger partial charge in [0.25, 0.3) is 15.9 Å². The van der Waals surface area contributed by atoms with Crippen molar-refractivity contribution in [3.05, 3.63) is 106 Å². The molecule has 17 nitrogen and oxygen atoms in total. The molecule has 3 aliphatic heterocycles. The van der Waals surface area contributed by atoms with Gasteiger partial charge >= 0.3 is 5.69 Å². The van der Waals surface area contributed by atoms with Gasteiger partial charge in [-0.1, -0.05) is 24.3 Å². The second-order valence-corrected chi connectivity index (χ2v) is 25.3. The molecular weight excluding hydrogens is 941 g/mol. The molecule has 3 aromatic heterocycles. The summed E-state index contributed by atoms with van der Waals surface area (Å²) >= 11 is 0. The molecule has 0 unspecified atom stereocenters. The van der Waals surface area contributed by atoms with Crippen LogP contribution in [-0.4, -0.2) is 118 Å². The summed E-state index contributed by atoms with van der Waals surface area (Å²) in [5, 5.41) is 16.2. The summed E-state index contributed by atoms with van der Waals surface area (Å²) in [7, 11) is -4.81. The predicted molar refractivity (Wildman–Crippen MR) is 274 cm³/mol. The van der Waals surface area contributed by atoms with E-state index in [1.54, 1.807) is 41.7 Å². The second kappa shape index (κ2) is 19.4. The number of benzene rings is 2. The lowest BCUT2D eigenvalue weighted by Crippen LogP contribution is -2.54. The first kappa shape index (κ1) is 47.7. The Balaban J connectivity index is 0.751. The zero-order chi connectivity index (χ0) is 48.9. The maximum absolute atomic E-state index is 14.1. The van der Waals surface area contributed by atoms with Crippen LogP contribution in [0.3, 0.4) is 0 Å². The van der Waals surface area contributed by atoms with Crippen molar-refractivity contribution in [2.45, 2.75) is 106 Å². The number of carbonyl (C=O) groups is 1. The number of nitrogens with zero attached hydrogens (tertiary/aromatic N) is 7. The molecule has 1 amide bonds. The number of carbonyl (C=O) groups excluding carboxylic acids is 1. The molecule has 3 N–H and O–H groups in total. The van der Waals surface area contributed by atoms with E-state index in [0.717, 1.165) is 94.0 Å². The van der Waals surface area contributed by atoms with Crippen LogP contribution in [0.25, 0.3) is 11.0 Å². The van der Waals surface area contributed by atoms with Crippen LogP contribution in [0.1, 0.15) is 110 Å². The minimum absolute atomic E-state index is 0.0355. The number of anilines is 2. The van der Waals surface area contributed by atoms with Crippen molar-refractivity contribution >= 4 is 53.9 Å². The fourth-order valence-corrected chi connectivity index (χ4v) is 15.3. The summed E-state index contributed by atoms with van der Waals surface area (Å²) < 4.78 is 54.3. The van der Waals surface area contributed by atoms with E-state index in [0.29, 0.717) is 46.9 Å². The van der Waals surface area contributed by atoms with E-state index < -0.39 is 41.2 Å². The summed E-state index contributed by atoms with van der Waals surface area (Å²) in [6.45, 7) is 4.80. The van der Waals surface area contributed by atoms with Crippen LogP contribution < -0.4 is 19.7 Å². The van der Waals surface area contributed by atoms with Crippen molar-refractivity contribution in [1.29, 1.82) is 0 Å². The van der Waals surface area contributed by atoms with Gasteiger partial charge in [0.2, 0.25) is 5.82 Å². The number of aromatic amines is 1. The minimum atomic E-state index is -4.64. The quantitative estimate of drug-likeness (QED) is 0.0704. The van der Waals surface area contributed by atoms with Crippen LogP contribution in [0.4, 0.5) is 17.2 Å². The number of hydrogen-bond donors (Lipinski definition) is 3. The van der Waals surface area contributed by atoms with Crippen LogP contribution in [-0.2, 0) is 19.8 Å². The molecule has 1 atom stereocenters. The number of nitro groups is 1. The van der Waals surface area contributed by atoms with Crippen LogP contribution in [0, 0.1) is 21.4 Å². The molecule has 6 heterocycles. The van der Waals surface area contributed by atoms with Gasteiger partial charge in [-0.3, -0.25) is 19.8 Å². The molecule has 5 aromatic rings. The molecule has 376 valence electrons. The van der Waals surface area contributed by atoms with Crippen molar-refractivity contribution in [3.8, 4) is 11.5 Å². The van der Waals surface area contributed by atoms with Crippen LogP contribution in [0.2, 0.25) is 0 Å². The summed E-state index contributed by atoms with van der Waals surface area (Å²) in [6.07, 6.45) is 17.1. The number of likely N-dealkylation sites (tertiary alicyclic amines) is 1. The first-order valence-corrected chi connectivity index (χ1v) is 28.8. The van der Waals surface area contributed by atoms with Crippen molar-refractivity contribution in [2.24, 2.45) is 15.7 Å². The highest BCUT2D eigenvalue weighted by molar-refractivity contribution is 7.93. The number of pyridine rings is 2. The first-order valence-electron chi connectivity index (χ1n) is 25.5. The van der Waals surface area contributed by atoms with E-state index in [-0.39, 0.29) is 29.1 Å². The standard InChI is InChI=1S/C52H64N10O7S2/c1-59-23-25-70(66,26-24-59)57-38-12-8-35(9-13-38)32-54-50-47(62(64)65)29-42(34-56-50)71(67,68)58-51(63)45-15-14-39(28-48(45)69-41-27-37-16-19-53-49(37)55-33-41)60-21-17-52(18-22-60)30-40(31-52)61-20-4-7-46(61)44-6-3-2-5-43(44)36-10-11-36/h2-3,5-6,14-16,19,27-29,33-36,38,40,46H,4,7-13,17-18,20-26,30-32H2,1H3,(H,53,55)(H,54,56)(H,58,63)/t35?,38?,46-/m0/s1. The fourth-order valence-electron chi connectivity index (χ4n) is 12.0. The average Bonchev–Trinajstić information content (AvgIpc) is 3.90. The van der Waals surface area contributed by atoms with E-state index in [9.17, 15) is 27.5 Å². The Labute approximate surface area is 415 Å². The normalized spacial score (nSPS) is 23.8. The molecule has 0 radical (unpaired) electrons. The van der Waals surface area contributed by atoms with Gasteiger partial charge < -0.3 is 24.8 Å². The number of amides is 1. The highest BCUT2D eigenvalue weighted by Crippen LogP contribution is 2.55. The monoisotopic (exact) mass is 1000 g/mol. The zero-order valence-electron chi connectivity index (χ0n) is 40.3. The average molecular weight is 1010 g/mol. The van der Waals surface area contributed by atoms with E-state index in [1.165, 1.54) is 45.1 Å². The number of sulfonamides is 1. The Hall–Kier alpha value is -5.63. The Morgan fingerprint density at radius 2 is 1.69 bits per heavy atom. The van der Waals surface area contributed by atoms with Gasteiger partial charge in [0, 0.05) is 95.4 Å². The molecule has 3 aliphatic carbocycles. The van der Waals surface area contributed by atoms with Gasteiger partial charge in [-0.15, -0.1) is 0 Å². The summed E-state index contributed by atoms with van der Waals surface area (Å²) in [5.74, 6) is 1.59. The summed E-state index contributed by atoms with van der Waals surface area (Å²) in [6, 6.07) is 20.0. The number of ether oxygens (including phenoxy) is 1. The van der Waals surface area contributed by atoms with Gasteiger partial charge in [-0.2, -0.15) is 0 Å². The van der Waals surface area contributed by atoms with E-state index in [1.807, 2.05) is 19.2 Å². The molecular formula is C52H64N10O7S2. The lowest BCUT2D eigenvalue weighted by atomic mass is 9.59. The van der Waals surface area contributed by atoms with Gasteiger partial charge in [0.15, 0.2) is 0 Å². The molecule has 0 bridgehead atoms. The van der Waals surface area contributed by atoms with Gasteiger partial charge in [-0.05, 0) is 143 Å². The number of rotatable bonds is 14.